The van der Waals surface area contributed by atoms with Crippen molar-refractivity contribution in [1.29, 1.82) is 0 Å². The molecule has 0 unspecified atom stereocenters. The van der Waals surface area contributed by atoms with Crippen LogP contribution in [0.5, 0.6) is 11.5 Å². The molecule has 0 saturated heterocycles. The van der Waals surface area contributed by atoms with E-state index in [1.807, 2.05) is 0 Å². The number of aliphatic carboxylic acids is 2. The molecule has 84 valence electrons. The summed E-state index contributed by atoms with van der Waals surface area (Å²) < 4.78 is 0. The monoisotopic (exact) mass is 224 g/mol. The van der Waals surface area contributed by atoms with Crippen LogP contribution in [0.2, 0.25) is 0 Å². The summed E-state index contributed by atoms with van der Waals surface area (Å²) >= 11 is 0. The zero-order valence-electron chi connectivity index (χ0n) is 7.91. The van der Waals surface area contributed by atoms with Gasteiger partial charge in [0.1, 0.15) is 17.1 Å². The molecule has 6 nitrogen and oxygen atoms in total. The van der Waals surface area contributed by atoms with E-state index in [0.717, 1.165) is 24.3 Å². The first kappa shape index (κ1) is 11.6. The maximum absolute atomic E-state index is 10.5. The first-order valence-corrected chi connectivity index (χ1v) is 4.11. The van der Waals surface area contributed by atoms with E-state index in [9.17, 15) is 9.59 Å². The van der Waals surface area contributed by atoms with Gasteiger partial charge in [-0.2, -0.15) is 0 Å². The van der Waals surface area contributed by atoms with Crippen LogP contribution in [0.4, 0.5) is 0 Å². The molecule has 0 radical (unpaired) electrons. The topological polar surface area (TPSA) is 115 Å². The van der Waals surface area contributed by atoms with E-state index in [2.05, 4.69) is 0 Å². The fourth-order valence-corrected chi connectivity index (χ4v) is 1.08. The van der Waals surface area contributed by atoms with Crippen LogP contribution < -0.4 is 0 Å². The van der Waals surface area contributed by atoms with Crippen LogP contribution in [0.15, 0.2) is 23.8 Å². The Balaban J connectivity index is 3.23. The minimum Gasteiger partial charge on any atom is -0.508 e. The first-order valence-electron chi connectivity index (χ1n) is 4.11. The van der Waals surface area contributed by atoms with Gasteiger partial charge >= 0.3 is 11.9 Å². The lowest BCUT2D eigenvalue weighted by Gasteiger charge is -1.99. The molecule has 0 aliphatic carbocycles. The summed E-state index contributed by atoms with van der Waals surface area (Å²) in [7, 11) is 0. The summed E-state index contributed by atoms with van der Waals surface area (Å²) in [4.78, 5) is 21.1. The van der Waals surface area contributed by atoms with Crippen molar-refractivity contribution in [3.05, 3.63) is 29.3 Å². The van der Waals surface area contributed by atoms with Crippen LogP contribution in [0.1, 0.15) is 5.56 Å². The quantitative estimate of drug-likeness (QED) is 0.340. The van der Waals surface area contributed by atoms with E-state index in [1.165, 1.54) is 0 Å². The Labute approximate surface area is 89.7 Å². The summed E-state index contributed by atoms with van der Waals surface area (Å²) in [5.74, 6) is -3.78. The van der Waals surface area contributed by atoms with Gasteiger partial charge in [0.2, 0.25) is 0 Å². The molecular weight excluding hydrogens is 216 g/mol. The van der Waals surface area contributed by atoms with Crippen LogP contribution in [0.3, 0.4) is 0 Å². The minimum absolute atomic E-state index is 0.0808. The Morgan fingerprint density at radius 2 is 1.38 bits per heavy atom. The smallest absolute Gasteiger partial charge is 0.343 e. The molecule has 1 aromatic carbocycles. The van der Waals surface area contributed by atoms with E-state index in [-0.39, 0.29) is 17.1 Å². The number of aromatic hydroxyl groups is 2. The second-order valence-electron chi connectivity index (χ2n) is 2.95. The fraction of sp³-hybridized carbons (Fsp3) is 0. The van der Waals surface area contributed by atoms with Crippen LogP contribution >= 0.6 is 0 Å². The van der Waals surface area contributed by atoms with Crippen LogP contribution in [-0.4, -0.2) is 32.4 Å². The average molecular weight is 224 g/mol. The van der Waals surface area contributed by atoms with Gasteiger partial charge in [0, 0.05) is 6.07 Å². The number of carbonyl (C=O) groups is 2. The lowest BCUT2D eigenvalue weighted by Crippen LogP contribution is -2.10. The van der Waals surface area contributed by atoms with Gasteiger partial charge in [-0.1, -0.05) is 0 Å². The molecule has 16 heavy (non-hydrogen) atoms. The third-order valence-electron chi connectivity index (χ3n) is 1.70. The molecule has 0 spiro atoms. The van der Waals surface area contributed by atoms with Crippen LogP contribution in [0.25, 0.3) is 6.08 Å². The lowest BCUT2D eigenvalue weighted by atomic mass is 10.1. The predicted octanol–water partition coefficient (Wildman–Crippen LogP) is 0.650. The Morgan fingerprint density at radius 3 is 1.75 bits per heavy atom. The molecule has 1 rings (SSSR count). The van der Waals surface area contributed by atoms with Crippen molar-refractivity contribution in [2.75, 3.05) is 0 Å². The summed E-state index contributed by atoms with van der Waals surface area (Å²) in [6, 6.07) is 3.30. The second-order valence-corrected chi connectivity index (χ2v) is 2.95. The number of phenols is 2. The van der Waals surface area contributed by atoms with Crippen molar-refractivity contribution in [3.8, 4) is 11.5 Å². The molecule has 0 aliphatic rings. The number of benzene rings is 1. The predicted molar refractivity (Wildman–Crippen MR) is 53.0 cm³/mol. The van der Waals surface area contributed by atoms with Gasteiger partial charge in [0.15, 0.2) is 0 Å². The maximum Gasteiger partial charge on any atom is 0.343 e. The Kier molecular flexibility index (Phi) is 3.14. The molecule has 0 heterocycles. The normalized spacial score (nSPS) is 9.50. The van der Waals surface area contributed by atoms with E-state index in [0.29, 0.717) is 0 Å². The third kappa shape index (κ3) is 2.74. The lowest BCUT2D eigenvalue weighted by molar-refractivity contribution is -0.140. The van der Waals surface area contributed by atoms with E-state index >= 15 is 0 Å². The Bertz CT molecular complexity index is 438. The number of carboxylic acid groups (broad SMARTS) is 2. The van der Waals surface area contributed by atoms with Crippen LogP contribution in [-0.2, 0) is 9.59 Å². The summed E-state index contributed by atoms with van der Waals surface area (Å²) in [6.45, 7) is 0. The van der Waals surface area contributed by atoms with E-state index in [1.54, 1.807) is 0 Å². The molecule has 0 aliphatic heterocycles. The highest BCUT2D eigenvalue weighted by molar-refractivity contribution is 6.16. The summed E-state index contributed by atoms with van der Waals surface area (Å²) in [5, 5.41) is 35.3. The molecule has 0 bridgehead atoms. The van der Waals surface area contributed by atoms with Crippen molar-refractivity contribution >= 4 is 18.0 Å². The SMILES string of the molecule is O=C(O)C(=Cc1cc(O)cc(O)c1)C(=O)O. The fourth-order valence-electron chi connectivity index (χ4n) is 1.08. The first-order chi connectivity index (χ1) is 7.40. The highest BCUT2D eigenvalue weighted by Crippen LogP contribution is 2.22. The largest absolute Gasteiger partial charge is 0.508 e. The van der Waals surface area contributed by atoms with Crippen molar-refractivity contribution < 1.29 is 30.0 Å². The molecule has 4 N–H and O–H groups in total. The van der Waals surface area contributed by atoms with Gasteiger partial charge in [0.05, 0.1) is 0 Å². The van der Waals surface area contributed by atoms with Gasteiger partial charge in [0.25, 0.3) is 0 Å². The number of hydrogen-bond acceptors (Lipinski definition) is 4. The molecule has 6 heteroatoms. The van der Waals surface area contributed by atoms with Gasteiger partial charge in [-0.3, -0.25) is 0 Å². The van der Waals surface area contributed by atoms with Crippen molar-refractivity contribution in [2.45, 2.75) is 0 Å². The van der Waals surface area contributed by atoms with Gasteiger partial charge in [-0.15, -0.1) is 0 Å². The molecular formula is C10H8O6. The second kappa shape index (κ2) is 4.35. The van der Waals surface area contributed by atoms with Crippen molar-refractivity contribution in [1.82, 2.24) is 0 Å². The van der Waals surface area contributed by atoms with Crippen LogP contribution in [0, 0.1) is 0 Å². The average Bonchev–Trinajstić information content (AvgIpc) is 2.11. The van der Waals surface area contributed by atoms with Crippen molar-refractivity contribution in [3.63, 3.8) is 0 Å². The molecule has 0 saturated carbocycles. The molecule has 0 aromatic heterocycles. The molecule has 0 amide bonds. The van der Waals surface area contributed by atoms with Gasteiger partial charge in [-0.25, -0.2) is 9.59 Å². The summed E-state index contributed by atoms with van der Waals surface area (Å²) in [5.41, 5.74) is -0.776. The number of phenolic OH excluding ortho intramolecular Hbond substituents is 2. The number of hydrogen-bond donors (Lipinski definition) is 4. The molecule has 0 fully saturated rings. The zero-order chi connectivity index (χ0) is 12.3. The van der Waals surface area contributed by atoms with Crippen molar-refractivity contribution in [2.24, 2.45) is 0 Å². The minimum atomic E-state index is -1.60. The number of rotatable bonds is 3. The van der Waals surface area contributed by atoms with E-state index < -0.39 is 17.5 Å². The van der Waals surface area contributed by atoms with Gasteiger partial charge < -0.3 is 20.4 Å². The zero-order valence-corrected chi connectivity index (χ0v) is 7.91. The highest BCUT2D eigenvalue weighted by atomic mass is 16.4. The Hall–Kier alpha value is -2.50. The highest BCUT2D eigenvalue weighted by Gasteiger charge is 2.15. The molecule has 1 aromatic rings. The standard InChI is InChI=1S/C10H8O6/c11-6-1-5(2-7(12)4-6)3-8(9(13)14)10(15)16/h1-4,11-12H,(H,13,14)(H,15,16). The number of carboxylic acids is 2. The van der Waals surface area contributed by atoms with E-state index in [4.69, 9.17) is 20.4 Å². The third-order valence-corrected chi connectivity index (χ3v) is 1.70. The van der Waals surface area contributed by atoms with Gasteiger partial charge in [-0.05, 0) is 23.8 Å². The molecule has 0 atom stereocenters. The summed E-state index contributed by atoms with van der Waals surface area (Å²) in [6.07, 6.45) is 0.837. The maximum atomic E-state index is 10.5. The Morgan fingerprint density at radius 1 is 0.938 bits per heavy atom.